The maximum Gasteiger partial charge on any atom is 0.308 e. The van der Waals surface area contributed by atoms with Crippen LogP contribution in [-0.2, 0) is 14.0 Å². The molecule has 0 N–H and O–H groups in total. The summed E-state index contributed by atoms with van der Waals surface area (Å²) in [6.45, 7) is 13.1. The van der Waals surface area contributed by atoms with E-state index < -0.39 is 8.32 Å². The minimum Gasteiger partial charge on any atom is -0.469 e. The van der Waals surface area contributed by atoms with Crippen molar-refractivity contribution in [3.8, 4) is 0 Å². The van der Waals surface area contributed by atoms with Crippen LogP contribution in [0.4, 0.5) is 0 Å². The lowest BCUT2D eigenvalue weighted by molar-refractivity contribution is -0.145. The second kappa shape index (κ2) is 7.42. The molecule has 124 valence electrons. The van der Waals surface area contributed by atoms with E-state index in [9.17, 15) is 4.79 Å². The fraction of sp³-hybridized carbons (Fsp3) is 0.611. The Morgan fingerprint density at radius 1 is 1.18 bits per heavy atom. The van der Waals surface area contributed by atoms with Crippen LogP contribution in [0.15, 0.2) is 30.3 Å². The quantitative estimate of drug-likeness (QED) is 0.549. The van der Waals surface area contributed by atoms with Gasteiger partial charge in [0.25, 0.3) is 0 Å². The van der Waals surface area contributed by atoms with E-state index in [4.69, 9.17) is 9.16 Å². The monoisotopic (exact) mass is 322 g/mol. The second-order valence-corrected chi connectivity index (χ2v) is 12.2. The van der Waals surface area contributed by atoms with E-state index in [0.717, 1.165) is 5.56 Å². The summed E-state index contributed by atoms with van der Waals surface area (Å²) in [6.07, 6.45) is 0.569. The lowest BCUT2D eigenvalue weighted by Crippen LogP contribution is -2.42. The maximum absolute atomic E-state index is 11.8. The number of methoxy groups -OCH3 is 1. The zero-order valence-electron chi connectivity index (χ0n) is 15.0. The molecule has 0 amide bonds. The van der Waals surface area contributed by atoms with E-state index in [1.54, 1.807) is 0 Å². The van der Waals surface area contributed by atoms with Crippen LogP contribution in [0.2, 0.25) is 18.1 Å². The number of carbonyl (C=O) groups is 1. The third kappa shape index (κ3) is 4.95. The predicted octanol–water partition coefficient (Wildman–Crippen LogP) is 4.95. The molecule has 0 fully saturated rings. The van der Waals surface area contributed by atoms with Gasteiger partial charge >= 0.3 is 5.97 Å². The van der Waals surface area contributed by atoms with Crippen molar-refractivity contribution in [3.63, 3.8) is 0 Å². The average Bonchev–Trinajstić information content (AvgIpc) is 2.45. The Hall–Kier alpha value is -1.13. The van der Waals surface area contributed by atoms with E-state index in [1.165, 1.54) is 7.11 Å². The molecule has 0 aliphatic carbocycles. The van der Waals surface area contributed by atoms with Crippen LogP contribution >= 0.6 is 0 Å². The van der Waals surface area contributed by atoms with Gasteiger partial charge in [0, 0.05) is 0 Å². The number of ether oxygens (including phenoxy) is 1. The zero-order valence-corrected chi connectivity index (χ0v) is 16.0. The minimum atomic E-state index is -1.91. The van der Waals surface area contributed by atoms with Crippen molar-refractivity contribution in [2.75, 3.05) is 7.11 Å². The number of esters is 1. The van der Waals surface area contributed by atoms with E-state index >= 15 is 0 Å². The van der Waals surface area contributed by atoms with Crippen LogP contribution in [0.5, 0.6) is 0 Å². The molecule has 2 unspecified atom stereocenters. The van der Waals surface area contributed by atoms with Crippen LogP contribution in [0.1, 0.15) is 45.8 Å². The van der Waals surface area contributed by atoms with Gasteiger partial charge in [-0.25, -0.2) is 0 Å². The number of hydrogen-bond acceptors (Lipinski definition) is 3. The molecule has 4 heteroatoms. The molecule has 0 spiro atoms. The van der Waals surface area contributed by atoms with Crippen molar-refractivity contribution < 1.29 is 14.0 Å². The fourth-order valence-electron chi connectivity index (χ4n) is 2.07. The van der Waals surface area contributed by atoms with Gasteiger partial charge in [0.15, 0.2) is 8.32 Å². The minimum absolute atomic E-state index is 0.0730. The van der Waals surface area contributed by atoms with Crippen molar-refractivity contribution in [2.45, 2.75) is 58.4 Å². The first kappa shape index (κ1) is 18.9. The molecule has 1 rings (SSSR count). The van der Waals surface area contributed by atoms with E-state index in [1.807, 2.05) is 25.1 Å². The van der Waals surface area contributed by atoms with Crippen LogP contribution in [0.25, 0.3) is 0 Å². The lowest BCUT2D eigenvalue weighted by atomic mass is 9.98. The summed E-state index contributed by atoms with van der Waals surface area (Å²) in [5.74, 6) is -0.361. The standard InChI is InChI=1S/C18H30O3Si/c1-14(17(19)20-5)13-16(15-11-9-8-10-12-15)21-22(6,7)18(2,3)4/h8-12,14,16H,13H2,1-7H3. The Kier molecular flexibility index (Phi) is 6.38. The maximum atomic E-state index is 11.8. The van der Waals surface area contributed by atoms with Crippen LogP contribution < -0.4 is 0 Å². The topological polar surface area (TPSA) is 35.5 Å². The van der Waals surface area contributed by atoms with Crippen molar-refractivity contribution in [3.05, 3.63) is 35.9 Å². The van der Waals surface area contributed by atoms with Gasteiger partial charge in [0.1, 0.15) is 0 Å². The summed E-state index contributed by atoms with van der Waals surface area (Å²) in [4.78, 5) is 11.8. The molecule has 0 aliphatic rings. The van der Waals surface area contributed by atoms with Crippen LogP contribution in [0, 0.1) is 5.92 Å². The highest BCUT2D eigenvalue weighted by Gasteiger charge is 2.40. The summed E-state index contributed by atoms with van der Waals surface area (Å²) in [6, 6.07) is 10.2. The zero-order chi connectivity index (χ0) is 17.0. The van der Waals surface area contributed by atoms with E-state index in [-0.39, 0.29) is 23.0 Å². The fourth-order valence-corrected chi connectivity index (χ4v) is 3.37. The molecule has 2 atom stereocenters. The highest BCUT2D eigenvalue weighted by molar-refractivity contribution is 6.74. The molecule has 0 saturated carbocycles. The third-order valence-corrected chi connectivity index (χ3v) is 9.07. The molecule has 1 aromatic rings. The molecule has 3 nitrogen and oxygen atoms in total. The van der Waals surface area contributed by atoms with Gasteiger partial charge in [0.05, 0.1) is 19.1 Å². The number of rotatable bonds is 6. The van der Waals surface area contributed by atoms with Crippen molar-refractivity contribution in [2.24, 2.45) is 5.92 Å². The SMILES string of the molecule is COC(=O)C(C)CC(O[Si](C)(C)C(C)(C)C)c1ccccc1. The van der Waals surface area contributed by atoms with Crippen molar-refractivity contribution >= 4 is 14.3 Å². The summed E-state index contributed by atoms with van der Waals surface area (Å²) in [5, 5.41) is 0.133. The Bertz CT molecular complexity index is 477. The predicted molar refractivity (Wildman–Crippen MR) is 93.3 cm³/mol. The van der Waals surface area contributed by atoms with E-state index in [2.05, 4.69) is 46.0 Å². The number of benzene rings is 1. The van der Waals surface area contributed by atoms with Gasteiger partial charge in [-0.15, -0.1) is 0 Å². The molecular formula is C18H30O3Si. The first-order valence-corrected chi connectivity index (χ1v) is 10.8. The van der Waals surface area contributed by atoms with Gasteiger partial charge in [-0.2, -0.15) is 0 Å². The van der Waals surface area contributed by atoms with Gasteiger partial charge < -0.3 is 9.16 Å². The van der Waals surface area contributed by atoms with Gasteiger partial charge in [0.2, 0.25) is 0 Å². The van der Waals surface area contributed by atoms with Gasteiger partial charge in [-0.3, -0.25) is 4.79 Å². The smallest absolute Gasteiger partial charge is 0.308 e. The highest BCUT2D eigenvalue weighted by Crippen LogP contribution is 2.41. The third-order valence-electron chi connectivity index (χ3n) is 4.59. The lowest BCUT2D eigenvalue weighted by Gasteiger charge is -2.40. The Labute approximate surface area is 136 Å². The summed E-state index contributed by atoms with van der Waals surface area (Å²) in [5.41, 5.74) is 1.13. The van der Waals surface area contributed by atoms with E-state index in [0.29, 0.717) is 6.42 Å². The molecule has 0 saturated heterocycles. The first-order valence-electron chi connectivity index (χ1n) is 7.89. The number of carbonyl (C=O) groups excluding carboxylic acids is 1. The molecule has 22 heavy (non-hydrogen) atoms. The molecule has 0 aromatic heterocycles. The summed E-state index contributed by atoms with van der Waals surface area (Å²) in [7, 11) is -0.479. The van der Waals surface area contributed by atoms with Gasteiger partial charge in [-0.1, -0.05) is 58.0 Å². The molecule has 0 aliphatic heterocycles. The Morgan fingerprint density at radius 2 is 1.73 bits per heavy atom. The number of hydrogen-bond donors (Lipinski definition) is 0. The Morgan fingerprint density at radius 3 is 2.18 bits per heavy atom. The van der Waals surface area contributed by atoms with Crippen molar-refractivity contribution in [1.29, 1.82) is 0 Å². The van der Waals surface area contributed by atoms with Gasteiger partial charge in [-0.05, 0) is 30.1 Å². The van der Waals surface area contributed by atoms with Crippen molar-refractivity contribution in [1.82, 2.24) is 0 Å². The first-order chi connectivity index (χ1) is 10.1. The molecule has 1 aromatic carbocycles. The summed E-state index contributed by atoms with van der Waals surface area (Å²) >= 11 is 0. The van der Waals surface area contributed by atoms with Crippen LogP contribution in [-0.4, -0.2) is 21.4 Å². The largest absolute Gasteiger partial charge is 0.469 e. The highest BCUT2D eigenvalue weighted by atomic mass is 28.4. The second-order valence-electron chi connectivity index (χ2n) is 7.44. The van der Waals surface area contributed by atoms with Crippen LogP contribution in [0.3, 0.4) is 0 Å². The summed E-state index contributed by atoms with van der Waals surface area (Å²) < 4.78 is 11.4. The molecule has 0 bridgehead atoms. The molecule has 0 radical (unpaired) electrons. The average molecular weight is 323 g/mol. The molecular weight excluding hydrogens is 292 g/mol. The molecule has 0 heterocycles. The normalized spacial score (nSPS) is 15.2. The Balaban J connectivity index is 3.00.